The number of carbonyl (C=O) groups is 1. The van der Waals surface area contributed by atoms with Crippen molar-refractivity contribution in [2.45, 2.75) is 46.6 Å². The van der Waals surface area contributed by atoms with Gasteiger partial charge in [0.2, 0.25) is 5.91 Å². The van der Waals surface area contributed by atoms with Crippen LogP contribution in [0.5, 0.6) is 0 Å². The van der Waals surface area contributed by atoms with Gasteiger partial charge in [-0.2, -0.15) is 0 Å². The van der Waals surface area contributed by atoms with Gasteiger partial charge in [0, 0.05) is 13.0 Å². The van der Waals surface area contributed by atoms with Crippen LogP contribution in [0.3, 0.4) is 0 Å². The second kappa shape index (κ2) is 6.71. The van der Waals surface area contributed by atoms with Gasteiger partial charge in [0.05, 0.1) is 6.10 Å². The van der Waals surface area contributed by atoms with Crippen molar-refractivity contribution >= 4 is 5.91 Å². The zero-order chi connectivity index (χ0) is 14.5. The molecule has 0 radical (unpaired) electrons. The van der Waals surface area contributed by atoms with Crippen molar-refractivity contribution in [2.75, 3.05) is 6.54 Å². The summed E-state index contributed by atoms with van der Waals surface area (Å²) in [5.41, 5.74) is 2.18. The van der Waals surface area contributed by atoms with Gasteiger partial charge in [-0.25, -0.2) is 0 Å². The Labute approximate surface area is 116 Å². The molecule has 19 heavy (non-hydrogen) atoms. The molecule has 1 atom stereocenters. The summed E-state index contributed by atoms with van der Waals surface area (Å²) in [4.78, 5) is 11.7. The molecule has 2 N–H and O–H groups in total. The summed E-state index contributed by atoms with van der Waals surface area (Å²) in [6.07, 6.45) is 0.676. The number of rotatable bonds is 5. The highest BCUT2D eigenvalue weighted by Gasteiger charge is 2.22. The van der Waals surface area contributed by atoms with Crippen molar-refractivity contribution in [3.05, 3.63) is 35.4 Å². The van der Waals surface area contributed by atoms with E-state index in [-0.39, 0.29) is 11.3 Å². The van der Waals surface area contributed by atoms with E-state index in [0.29, 0.717) is 13.0 Å². The fourth-order valence-electron chi connectivity index (χ4n) is 1.73. The number of aliphatic hydroxyl groups is 1. The smallest absolute Gasteiger partial charge is 0.220 e. The van der Waals surface area contributed by atoms with Crippen LogP contribution in [0.4, 0.5) is 0 Å². The van der Waals surface area contributed by atoms with Crippen LogP contribution in [0.25, 0.3) is 0 Å². The molecule has 3 heteroatoms. The second-order valence-corrected chi connectivity index (χ2v) is 6.17. The van der Waals surface area contributed by atoms with Crippen molar-refractivity contribution in [3.8, 4) is 0 Å². The minimum Gasteiger partial charge on any atom is -0.391 e. The normalized spacial score (nSPS) is 13.1. The van der Waals surface area contributed by atoms with Gasteiger partial charge < -0.3 is 10.4 Å². The van der Waals surface area contributed by atoms with Gasteiger partial charge in [0.25, 0.3) is 0 Å². The minimum absolute atomic E-state index is 0.00944. The molecule has 0 fully saturated rings. The van der Waals surface area contributed by atoms with Crippen LogP contribution in [0.15, 0.2) is 24.3 Å². The molecule has 0 bridgehead atoms. The number of hydrogen-bond acceptors (Lipinski definition) is 2. The molecule has 1 amide bonds. The summed E-state index contributed by atoms with van der Waals surface area (Å²) in [7, 11) is 0. The first kappa shape index (κ1) is 15.7. The van der Waals surface area contributed by atoms with E-state index in [9.17, 15) is 9.90 Å². The summed E-state index contributed by atoms with van der Waals surface area (Å²) >= 11 is 0. The van der Waals surface area contributed by atoms with Crippen LogP contribution >= 0.6 is 0 Å². The van der Waals surface area contributed by atoms with Crippen LogP contribution in [0.2, 0.25) is 0 Å². The fraction of sp³-hybridized carbons (Fsp3) is 0.562. The molecule has 0 spiro atoms. The van der Waals surface area contributed by atoms with E-state index in [2.05, 4.69) is 11.4 Å². The highest BCUT2D eigenvalue weighted by molar-refractivity contribution is 5.76. The fourth-order valence-corrected chi connectivity index (χ4v) is 1.73. The molecule has 0 aliphatic heterocycles. The Hall–Kier alpha value is -1.35. The predicted molar refractivity (Wildman–Crippen MR) is 78.0 cm³/mol. The second-order valence-electron chi connectivity index (χ2n) is 6.17. The molecule has 1 rings (SSSR count). The Bertz CT molecular complexity index is 421. The summed E-state index contributed by atoms with van der Waals surface area (Å²) in [6, 6.07) is 8.18. The average molecular weight is 263 g/mol. The molecule has 0 heterocycles. The largest absolute Gasteiger partial charge is 0.391 e. The first-order valence-corrected chi connectivity index (χ1v) is 6.79. The molecular formula is C16H25NO2. The lowest BCUT2D eigenvalue weighted by atomic mass is 9.89. The van der Waals surface area contributed by atoms with Crippen LogP contribution in [0, 0.1) is 12.3 Å². The Morgan fingerprint density at radius 3 is 2.63 bits per heavy atom. The number of hydrogen-bond donors (Lipinski definition) is 2. The number of benzene rings is 1. The van der Waals surface area contributed by atoms with Gasteiger partial charge in [-0.3, -0.25) is 4.79 Å². The summed E-state index contributed by atoms with van der Waals surface area (Å²) in [6.45, 7) is 8.23. The lowest BCUT2D eigenvalue weighted by Gasteiger charge is -2.25. The van der Waals surface area contributed by atoms with E-state index in [1.807, 2.05) is 45.9 Å². The Balaban J connectivity index is 2.33. The van der Waals surface area contributed by atoms with Crippen molar-refractivity contribution < 1.29 is 9.90 Å². The first-order chi connectivity index (χ1) is 8.79. The zero-order valence-electron chi connectivity index (χ0n) is 12.4. The highest BCUT2D eigenvalue weighted by atomic mass is 16.3. The first-order valence-electron chi connectivity index (χ1n) is 6.79. The molecule has 106 valence electrons. The number of nitrogens with one attached hydrogen (secondary N) is 1. The maximum atomic E-state index is 11.7. The van der Waals surface area contributed by atoms with E-state index in [0.717, 1.165) is 6.42 Å². The summed E-state index contributed by atoms with van der Waals surface area (Å²) in [5.74, 6) is -0.00944. The van der Waals surface area contributed by atoms with E-state index in [4.69, 9.17) is 0 Å². The van der Waals surface area contributed by atoms with Crippen LogP contribution < -0.4 is 5.32 Å². The molecule has 0 saturated carbocycles. The predicted octanol–water partition coefficient (Wildman–Crippen LogP) is 2.45. The van der Waals surface area contributed by atoms with E-state index in [1.54, 1.807) is 0 Å². The molecule has 1 unspecified atom stereocenters. The molecule has 1 aromatic rings. The van der Waals surface area contributed by atoms with E-state index < -0.39 is 6.10 Å². The lowest BCUT2D eigenvalue weighted by Crippen LogP contribution is -2.39. The molecule has 0 aromatic heterocycles. The maximum Gasteiger partial charge on any atom is 0.220 e. The van der Waals surface area contributed by atoms with Gasteiger partial charge in [0.15, 0.2) is 0 Å². The topological polar surface area (TPSA) is 49.3 Å². The highest BCUT2D eigenvalue weighted by Crippen LogP contribution is 2.18. The SMILES string of the molecule is Cc1cccc(CCC(=O)NCC(O)C(C)(C)C)c1. The van der Waals surface area contributed by atoms with Crippen molar-refractivity contribution in [1.29, 1.82) is 0 Å². The van der Waals surface area contributed by atoms with Crippen LogP contribution in [-0.4, -0.2) is 23.7 Å². The van der Waals surface area contributed by atoms with Crippen LogP contribution in [0.1, 0.15) is 38.3 Å². The van der Waals surface area contributed by atoms with E-state index in [1.165, 1.54) is 11.1 Å². The Morgan fingerprint density at radius 1 is 1.37 bits per heavy atom. The van der Waals surface area contributed by atoms with Crippen molar-refractivity contribution in [1.82, 2.24) is 5.32 Å². The minimum atomic E-state index is -0.518. The van der Waals surface area contributed by atoms with Crippen LogP contribution in [-0.2, 0) is 11.2 Å². The van der Waals surface area contributed by atoms with Gasteiger partial charge in [0.1, 0.15) is 0 Å². The molecule has 0 aliphatic rings. The van der Waals surface area contributed by atoms with E-state index >= 15 is 0 Å². The number of amides is 1. The third-order valence-corrected chi connectivity index (χ3v) is 3.22. The molecule has 1 aromatic carbocycles. The third-order valence-electron chi connectivity index (χ3n) is 3.22. The van der Waals surface area contributed by atoms with Crippen molar-refractivity contribution in [3.63, 3.8) is 0 Å². The number of carbonyl (C=O) groups excluding carboxylic acids is 1. The maximum absolute atomic E-state index is 11.7. The summed E-state index contributed by atoms with van der Waals surface area (Å²) < 4.78 is 0. The third kappa shape index (κ3) is 5.88. The number of aryl methyl sites for hydroxylation is 2. The lowest BCUT2D eigenvalue weighted by molar-refractivity contribution is -0.121. The van der Waals surface area contributed by atoms with Gasteiger partial charge in [-0.1, -0.05) is 50.6 Å². The Kier molecular flexibility index (Phi) is 5.55. The zero-order valence-corrected chi connectivity index (χ0v) is 12.4. The Morgan fingerprint density at radius 2 is 2.05 bits per heavy atom. The monoisotopic (exact) mass is 263 g/mol. The standard InChI is InChI=1S/C16H25NO2/c1-12-6-5-7-13(10-12)8-9-15(19)17-11-14(18)16(2,3)4/h5-7,10,14,18H,8-9,11H2,1-4H3,(H,17,19). The van der Waals surface area contributed by atoms with Gasteiger partial charge in [-0.15, -0.1) is 0 Å². The molecule has 0 saturated heterocycles. The molecular weight excluding hydrogens is 238 g/mol. The molecule has 0 aliphatic carbocycles. The quantitative estimate of drug-likeness (QED) is 0.857. The van der Waals surface area contributed by atoms with Gasteiger partial charge >= 0.3 is 0 Å². The average Bonchev–Trinajstić information content (AvgIpc) is 2.32. The molecule has 3 nitrogen and oxygen atoms in total. The number of aliphatic hydroxyl groups excluding tert-OH is 1. The van der Waals surface area contributed by atoms with Crippen molar-refractivity contribution in [2.24, 2.45) is 5.41 Å². The van der Waals surface area contributed by atoms with Gasteiger partial charge in [-0.05, 0) is 24.3 Å². The summed E-state index contributed by atoms with van der Waals surface area (Å²) in [5, 5.41) is 12.6.